The number of likely N-dealkylation sites (N-methyl/N-ethyl adjacent to an activating group) is 1. The largest absolute Gasteiger partial charge is 0.480 e. The summed E-state index contributed by atoms with van der Waals surface area (Å²) in [5.74, 6) is -1.07. The van der Waals surface area contributed by atoms with Gasteiger partial charge < -0.3 is 10.0 Å². The molecule has 0 atom stereocenters. The topological polar surface area (TPSA) is 57.6 Å². The highest BCUT2D eigenvalue weighted by molar-refractivity contribution is 5.81. The Morgan fingerprint density at radius 2 is 1.80 bits per heavy atom. The van der Waals surface area contributed by atoms with Gasteiger partial charge in [-0.25, -0.2) is 0 Å². The van der Waals surface area contributed by atoms with E-state index < -0.39 is 5.97 Å². The zero-order valence-corrected chi connectivity index (χ0v) is 12.4. The van der Waals surface area contributed by atoms with E-state index in [0.29, 0.717) is 19.4 Å². The lowest BCUT2D eigenvalue weighted by Crippen LogP contribution is -2.36. The third kappa shape index (κ3) is 4.68. The molecule has 0 radical (unpaired) electrons. The predicted octanol–water partition coefficient (Wildman–Crippen LogP) is 2.68. The van der Waals surface area contributed by atoms with Gasteiger partial charge in [-0.05, 0) is 24.3 Å². The van der Waals surface area contributed by atoms with Crippen molar-refractivity contribution >= 4 is 11.9 Å². The van der Waals surface area contributed by atoms with Gasteiger partial charge in [0, 0.05) is 13.0 Å². The minimum atomic E-state index is -0.970. The molecule has 1 aromatic rings. The van der Waals surface area contributed by atoms with Crippen molar-refractivity contribution in [3.05, 3.63) is 35.9 Å². The van der Waals surface area contributed by atoms with Crippen molar-refractivity contribution in [3.8, 4) is 0 Å². The van der Waals surface area contributed by atoms with Crippen LogP contribution in [-0.4, -0.2) is 35.0 Å². The molecule has 0 aromatic heterocycles. The van der Waals surface area contributed by atoms with Crippen LogP contribution in [0.2, 0.25) is 0 Å². The Balaban J connectivity index is 2.61. The number of aliphatic carboxylic acids is 1. The van der Waals surface area contributed by atoms with Crippen molar-refractivity contribution in [2.75, 3.05) is 13.1 Å². The fraction of sp³-hybridized carbons (Fsp3) is 0.500. The minimum absolute atomic E-state index is 0.0977. The maximum atomic E-state index is 12.1. The van der Waals surface area contributed by atoms with E-state index in [1.54, 1.807) is 6.92 Å². The van der Waals surface area contributed by atoms with Gasteiger partial charge in [0.15, 0.2) is 0 Å². The second kappa shape index (κ2) is 7.08. The van der Waals surface area contributed by atoms with Gasteiger partial charge in [0.2, 0.25) is 5.91 Å². The fourth-order valence-corrected chi connectivity index (χ4v) is 2.15. The van der Waals surface area contributed by atoms with Crippen LogP contribution in [0.1, 0.15) is 39.2 Å². The monoisotopic (exact) mass is 277 g/mol. The molecule has 0 unspecified atom stereocenters. The van der Waals surface area contributed by atoms with Crippen LogP contribution >= 0.6 is 0 Å². The van der Waals surface area contributed by atoms with Gasteiger partial charge in [0.1, 0.15) is 6.54 Å². The molecule has 1 N–H and O–H groups in total. The van der Waals surface area contributed by atoms with Crippen LogP contribution in [-0.2, 0) is 15.0 Å². The van der Waals surface area contributed by atoms with Gasteiger partial charge in [0.25, 0.3) is 0 Å². The lowest BCUT2D eigenvalue weighted by molar-refractivity contribution is -0.144. The SMILES string of the molecule is CCN(CC(=O)O)C(=O)CCC(C)(C)c1ccccc1. The summed E-state index contributed by atoms with van der Waals surface area (Å²) in [5.41, 5.74) is 1.09. The van der Waals surface area contributed by atoms with Crippen LogP contribution in [0.3, 0.4) is 0 Å². The van der Waals surface area contributed by atoms with Gasteiger partial charge in [-0.3, -0.25) is 9.59 Å². The van der Waals surface area contributed by atoms with Gasteiger partial charge in [-0.1, -0.05) is 44.2 Å². The zero-order chi connectivity index (χ0) is 15.2. The highest BCUT2D eigenvalue weighted by Gasteiger charge is 2.23. The van der Waals surface area contributed by atoms with E-state index in [4.69, 9.17) is 5.11 Å². The molecule has 1 rings (SSSR count). The van der Waals surface area contributed by atoms with Crippen molar-refractivity contribution in [1.82, 2.24) is 4.90 Å². The van der Waals surface area contributed by atoms with E-state index in [2.05, 4.69) is 26.0 Å². The maximum absolute atomic E-state index is 12.1. The molecule has 0 spiro atoms. The Labute approximate surface area is 120 Å². The van der Waals surface area contributed by atoms with Gasteiger partial charge in [-0.15, -0.1) is 0 Å². The highest BCUT2D eigenvalue weighted by Crippen LogP contribution is 2.28. The number of carboxylic acids is 1. The van der Waals surface area contributed by atoms with Crippen molar-refractivity contribution in [3.63, 3.8) is 0 Å². The van der Waals surface area contributed by atoms with Crippen molar-refractivity contribution in [2.24, 2.45) is 0 Å². The Bertz CT molecular complexity index is 454. The molecule has 0 fully saturated rings. The molecule has 0 saturated carbocycles. The predicted molar refractivity (Wildman–Crippen MR) is 78.6 cm³/mol. The average molecular weight is 277 g/mol. The molecule has 0 saturated heterocycles. The molecular formula is C16H23NO3. The summed E-state index contributed by atoms with van der Waals surface area (Å²) in [7, 11) is 0. The number of rotatable bonds is 7. The first-order valence-electron chi connectivity index (χ1n) is 6.92. The van der Waals surface area contributed by atoms with E-state index in [0.717, 1.165) is 0 Å². The Hall–Kier alpha value is -1.84. The smallest absolute Gasteiger partial charge is 0.323 e. The number of nitrogens with zero attached hydrogens (tertiary/aromatic N) is 1. The number of carboxylic acid groups (broad SMARTS) is 1. The standard InChI is InChI=1S/C16H23NO3/c1-4-17(12-15(19)20)14(18)10-11-16(2,3)13-8-6-5-7-9-13/h5-9H,4,10-12H2,1-3H3,(H,19,20). The molecule has 20 heavy (non-hydrogen) atoms. The van der Waals surface area contributed by atoms with Crippen LogP contribution in [0.25, 0.3) is 0 Å². The molecule has 1 amide bonds. The molecule has 0 heterocycles. The number of hydrogen-bond donors (Lipinski definition) is 1. The summed E-state index contributed by atoms with van der Waals surface area (Å²) >= 11 is 0. The number of benzene rings is 1. The maximum Gasteiger partial charge on any atom is 0.323 e. The van der Waals surface area contributed by atoms with E-state index >= 15 is 0 Å². The molecule has 0 aliphatic rings. The fourth-order valence-electron chi connectivity index (χ4n) is 2.15. The Morgan fingerprint density at radius 3 is 2.30 bits per heavy atom. The zero-order valence-electron chi connectivity index (χ0n) is 12.4. The van der Waals surface area contributed by atoms with Crippen LogP contribution in [0, 0.1) is 0 Å². The van der Waals surface area contributed by atoms with E-state index in [-0.39, 0.29) is 17.9 Å². The molecule has 4 heteroatoms. The van der Waals surface area contributed by atoms with E-state index in [9.17, 15) is 9.59 Å². The highest BCUT2D eigenvalue weighted by atomic mass is 16.4. The summed E-state index contributed by atoms with van der Waals surface area (Å²) in [5, 5.41) is 8.78. The van der Waals surface area contributed by atoms with Crippen LogP contribution in [0.5, 0.6) is 0 Å². The minimum Gasteiger partial charge on any atom is -0.480 e. The molecule has 0 bridgehead atoms. The molecule has 0 aliphatic carbocycles. The number of carbonyl (C=O) groups is 2. The lowest BCUT2D eigenvalue weighted by Gasteiger charge is -2.26. The van der Waals surface area contributed by atoms with Gasteiger partial charge >= 0.3 is 5.97 Å². The number of carbonyl (C=O) groups excluding carboxylic acids is 1. The van der Waals surface area contributed by atoms with E-state index in [1.807, 2.05) is 18.2 Å². The second-order valence-corrected chi connectivity index (χ2v) is 5.55. The number of amides is 1. The molecular weight excluding hydrogens is 254 g/mol. The third-order valence-electron chi connectivity index (χ3n) is 3.58. The summed E-state index contributed by atoms with van der Waals surface area (Å²) in [6, 6.07) is 10.1. The first kappa shape index (κ1) is 16.2. The first-order chi connectivity index (χ1) is 9.36. The molecule has 1 aromatic carbocycles. The van der Waals surface area contributed by atoms with Crippen molar-refractivity contribution < 1.29 is 14.7 Å². The van der Waals surface area contributed by atoms with Gasteiger partial charge in [-0.2, -0.15) is 0 Å². The molecule has 0 aliphatic heterocycles. The van der Waals surface area contributed by atoms with Crippen LogP contribution in [0.4, 0.5) is 0 Å². The van der Waals surface area contributed by atoms with Crippen molar-refractivity contribution in [1.29, 1.82) is 0 Å². The lowest BCUT2D eigenvalue weighted by atomic mass is 9.80. The van der Waals surface area contributed by atoms with Crippen molar-refractivity contribution in [2.45, 2.75) is 39.0 Å². The summed E-state index contributed by atoms with van der Waals surface area (Å²) in [4.78, 5) is 24.1. The normalized spacial score (nSPS) is 11.2. The average Bonchev–Trinajstić information content (AvgIpc) is 2.43. The Morgan fingerprint density at radius 1 is 1.20 bits per heavy atom. The molecule has 110 valence electrons. The van der Waals surface area contributed by atoms with Crippen LogP contribution < -0.4 is 0 Å². The van der Waals surface area contributed by atoms with Crippen LogP contribution in [0.15, 0.2) is 30.3 Å². The first-order valence-corrected chi connectivity index (χ1v) is 6.92. The summed E-state index contributed by atoms with van der Waals surface area (Å²) in [6.07, 6.45) is 1.06. The summed E-state index contributed by atoms with van der Waals surface area (Å²) in [6.45, 7) is 6.20. The quantitative estimate of drug-likeness (QED) is 0.833. The number of hydrogen-bond acceptors (Lipinski definition) is 2. The van der Waals surface area contributed by atoms with Gasteiger partial charge in [0.05, 0.1) is 0 Å². The second-order valence-electron chi connectivity index (χ2n) is 5.55. The Kier molecular flexibility index (Phi) is 5.74. The van der Waals surface area contributed by atoms with E-state index in [1.165, 1.54) is 10.5 Å². The molecule has 4 nitrogen and oxygen atoms in total. The third-order valence-corrected chi connectivity index (χ3v) is 3.58. The summed E-state index contributed by atoms with van der Waals surface area (Å²) < 4.78 is 0.